The van der Waals surface area contributed by atoms with Crippen LogP contribution in [0.4, 0.5) is 19.0 Å². The second-order valence-corrected chi connectivity index (χ2v) is 6.68. The summed E-state index contributed by atoms with van der Waals surface area (Å²) in [6.45, 7) is 1.58. The van der Waals surface area contributed by atoms with E-state index in [1.807, 2.05) is 18.2 Å². The summed E-state index contributed by atoms with van der Waals surface area (Å²) < 4.78 is 41.8. The molecule has 1 fully saturated rings. The summed E-state index contributed by atoms with van der Waals surface area (Å²) in [5.41, 5.74) is 1.22. The molecule has 0 spiro atoms. The fourth-order valence-electron chi connectivity index (χ4n) is 3.22. The van der Waals surface area contributed by atoms with Crippen molar-refractivity contribution in [2.45, 2.75) is 19.2 Å². The lowest BCUT2D eigenvalue weighted by atomic mass is 10.1. The van der Waals surface area contributed by atoms with Crippen molar-refractivity contribution in [3.63, 3.8) is 0 Å². The Morgan fingerprint density at radius 3 is 2.44 bits per heavy atom. The average Bonchev–Trinajstić information content (AvgIpc) is 3.14. The second-order valence-electron chi connectivity index (χ2n) is 6.27. The third-order valence-electron chi connectivity index (χ3n) is 4.40. The molecule has 3 aromatic rings. The molecule has 27 heavy (non-hydrogen) atoms. The van der Waals surface area contributed by atoms with Crippen molar-refractivity contribution in [2.75, 3.05) is 18.0 Å². The van der Waals surface area contributed by atoms with Crippen LogP contribution in [0.5, 0.6) is 5.75 Å². The lowest BCUT2D eigenvalue weighted by Crippen LogP contribution is -2.20. The maximum absolute atomic E-state index is 12.6. The van der Waals surface area contributed by atoms with Gasteiger partial charge in [-0.2, -0.15) is 0 Å². The van der Waals surface area contributed by atoms with Gasteiger partial charge in [-0.1, -0.05) is 23.7 Å². The Morgan fingerprint density at radius 2 is 1.74 bits per heavy atom. The van der Waals surface area contributed by atoms with Crippen molar-refractivity contribution in [3.8, 4) is 17.1 Å². The van der Waals surface area contributed by atoms with Crippen LogP contribution in [0.3, 0.4) is 0 Å². The first kappa shape index (κ1) is 17.9. The van der Waals surface area contributed by atoms with E-state index in [-0.39, 0.29) is 5.75 Å². The van der Waals surface area contributed by atoms with E-state index in [1.165, 1.54) is 18.2 Å². The predicted octanol–water partition coefficient (Wildman–Crippen LogP) is 5.45. The number of fused-ring (bicyclic) bond motifs is 1. The third kappa shape index (κ3) is 3.78. The summed E-state index contributed by atoms with van der Waals surface area (Å²) in [4.78, 5) is 11.2. The van der Waals surface area contributed by atoms with Gasteiger partial charge >= 0.3 is 6.36 Å². The van der Waals surface area contributed by atoms with Gasteiger partial charge in [0, 0.05) is 24.0 Å². The molecular weight excluding hydrogens is 379 g/mol. The van der Waals surface area contributed by atoms with Crippen molar-refractivity contribution in [1.29, 1.82) is 0 Å². The smallest absolute Gasteiger partial charge is 0.406 e. The lowest BCUT2D eigenvalue weighted by Gasteiger charge is -2.20. The summed E-state index contributed by atoms with van der Waals surface area (Å²) >= 11 is 6.28. The number of nitrogens with zero attached hydrogens (tertiary/aromatic N) is 3. The van der Waals surface area contributed by atoms with Gasteiger partial charge in [0.1, 0.15) is 11.6 Å². The summed E-state index contributed by atoms with van der Waals surface area (Å²) in [6.07, 6.45) is -2.74. The van der Waals surface area contributed by atoms with Crippen LogP contribution in [-0.4, -0.2) is 29.4 Å². The van der Waals surface area contributed by atoms with Crippen LogP contribution in [0.1, 0.15) is 12.8 Å². The molecule has 1 aromatic heterocycles. The van der Waals surface area contributed by atoms with Gasteiger partial charge in [0.15, 0.2) is 5.82 Å². The Hall–Kier alpha value is -2.54. The molecule has 2 aromatic carbocycles. The number of benzene rings is 2. The SMILES string of the molecule is FC(F)(F)Oc1ccc2nc(-c3ccccc3Cl)nc(N3CCCC3)c2c1. The van der Waals surface area contributed by atoms with Gasteiger partial charge in [0.25, 0.3) is 0 Å². The zero-order valence-electron chi connectivity index (χ0n) is 14.1. The number of hydrogen-bond acceptors (Lipinski definition) is 4. The summed E-state index contributed by atoms with van der Waals surface area (Å²) in [7, 11) is 0. The third-order valence-corrected chi connectivity index (χ3v) is 4.73. The van der Waals surface area contributed by atoms with E-state index in [9.17, 15) is 13.2 Å². The molecule has 0 radical (unpaired) electrons. The molecule has 0 unspecified atom stereocenters. The number of halogens is 4. The van der Waals surface area contributed by atoms with Crippen LogP contribution in [0, 0.1) is 0 Å². The van der Waals surface area contributed by atoms with Gasteiger partial charge in [-0.3, -0.25) is 0 Å². The Balaban J connectivity index is 1.89. The maximum Gasteiger partial charge on any atom is 0.573 e. The van der Waals surface area contributed by atoms with Gasteiger partial charge in [0.05, 0.1) is 10.5 Å². The van der Waals surface area contributed by atoms with E-state index in [4.69, 9.17) is 11.6 Å². The quantitative estimate of drug-likeness (QED) is 0.593. The first-order valence-corrected chi connectivity index (χ1v) is 8.86. The molecule has 1 aliphatic rings. The van der Waals surface area contributed by atoms with Gasteiger partial charge < -0.3 is 9.64 Å². The first-order chi connectivity index (χ1) is 12.9. The van der Waals surface area contributed by atoms with Crippen LogP contribution in [0.25, 0.3) is 22.3 Å². The molecule has 0 aliphatic carbocycles. The van der Waals surface area contributed by atoms with E-state index in [0.29, 0.717) is 33.1 Å². The second kappa shape index (κ2) is 6.88. The first-order valence-electron chi connectivity index (χ1n) is 8.48. The monoisotopic (exact) mass is 393 g/mol. The number of hydrogen-bond donors (Lipinski definition) is 0. The fourth-order valence-corrected chi connectivity index (χ4v) is 3.44. The molecule has 0 bridgehead atoms. The van der Waals surface area contributed by atoms with Gasteiger partial charge in [-0.25, -0.2) is 9.97 Å². The predicted molar refractivity (Wildman–Crippen MR) is 98.1 cm³/mol. The summed E-state index contributed by atoms with van der Waals surface area (Å²) in [5, 5.41) is 1.04. The summed E-state index contributed by atoms with van der Waals surface area (Å²) in [5.74, 6) is 0.754. The van der Waals surface area contributed by atoms with E-state index in [2.05, 4.69) is 19.6 Å². The van der Waals surface area contributed by atoms with Crippen molar-refractivity contribution < 1.29 is 17.9 Å². The van der Waals surface area contributed by atoms with Crippen LogP contribution in [0.2, 0.25) is 5.02 Å². The molecule has 1 saturated heterocycles. The van der Waals surface area contributed by atoms with Crippen LogP contribution in [-0.2, 0) is 0 Å². The topological polar surface area (TPSA) is 38.3 Å². The highest BCUT2D eigenvalue weighted by atomic mass is 35.5. The van der Waals surface area contributed by atoms with E-state index in [1.54, 1.807) is 6.07 Å². The van der Waals surface area contributed by atoms with Gasteiger partial charge in [-0.05, 0) is 43.2 Å². The van der Waals surface area contributed by atoms with E-state index in [0.717, 1.165) is 25.9 Å². The average molecular weight is 394 g/mol. The molecule has 0 N–H and O–H groups in total. The largest absolute Gasteiger partial charge is 0.573 e. The molecule has 140 valence electrons. The number of alkyl halides is 3. The van der Waals surface area contributed by atoms with E-state index < -0.39 is 6.36 Å². The molecule has 2 heterocycles. The molecule has 0 amide bonds. The van der Waals surface area contributed by atoms with Crippen molar-refractivity contribution >= 4 is 28.3 Å². The Kier molecular flexibility index (Phi) is 4.55. The molecule has 0 atom stereocenters. The standard InChI is InChI=1S/C19H15ClF3N3O/c20-15-6-2-1-5-13(15)17-24-16-8-7-12(27-19(21,22)23)11-14(16)18(25-17)26-9-3-4-10-26/h1-2,5-8,11H,3-4,9-10H2. The Bertz CT molecular complexity index is 988. The molecule has 4 nitrogen and oxygen atoms in total. The highest BCUT2D eigenvalue weighted by molar-refractivity contribution is 6.33. The normalized spacial score (nSPS) is 14.7. The molecule has 0 saturated carbocycles. The Labute approximate surface area is 158 Å². The zero-order chi connectivity index (χ0) is 19.0. The number of anilines is 1. The van der Waals surface area contributed by atoms with Crippen molar-refractivity contribution in [2.24, 2.45) is 0 Å². The number of ether oxygens (including phenoxy) is 1. The maximum atomic E-state index is 12.6. The van der Waals surface area contributed by atoms with E-state index >= 15 is 0 Å². The minimum atomic E-state index is -4.75. The number of rotatable bonds is 3. The minimum absolute atomic E-state index is 0.287. The summed E-state index contributed by atoms with van der Waals surface area (Å²) in [6, 6.07) is 11.3. The van der Waals surface area contributed by atoms with Crippen LogP contribution < -0.4 is 9.64 Å². The molecular formula is C19H15ClF3N3O. The van der Waals surface area contributed by atoms with Gasteiger partial charge in [-0.15, -0.1) is 13.2 Å². The zero-order valence-corrected chi connectivity index (χ0v) is 14.9. The number of aromatic nitrogens is 2. The van der Waals surface area contributed by atoms with Crippen LogP contribution in [0.15, 0.2) is 42.5 Å². The molecule has 1 aliphatic heterocycles. The van der Waals surface area contributed by atoms with Crippen molar-refractivity contribution in [3.05, 3.63) is 47.5 Å². The minimum Gasteiger partial charge on any atom is -0.406 e. The fraction of sp³-hybridized carbons (Fsp3) is 0.263. The lowest BCUT2D eigenvalue weighted by molar-refractivity contribution is -0.274. The van der Waals surface area contributed by atoms with Crippen LogP contribution >= 0.6 is 11.6 Å². The highest BCUT2D eigenvalue weighted by Gasteiger charge is 2.31. The van der Waals surface area contributed by atoms with Gasteiger partial charge in [0.2, 0.25) is 0 Å². The molecule has 4 rings (SSSR count). The highest BCUT2D eigenvalue weighted by Crippen LogP contribution is 2.35. The molecule has 8 heteroatoms. The van der Waals surface area contributed by atoms with Crippen molar-refractivity contribution in [1.82, 2.24) is 9.97 Å². The Morgan fingerprint density at radius 1 is 1.00 bits per heavy atom.